The minimum Gasteiger partial charge on any atom is -0.370 e. The maximum Gasteiger partial charge on any atom is 0.280 e. The Morgan fingerprint density at radius 1 is 1.12 bits per heavy atom. The number of nitrogens with zero attached hydrogens (tertiary/aromatic N) is 2. The van der Waals surface area contributed by atoms with Gasteiger partial charge in [0.25, 0.3) is 5.91 Å². The number of nitriles is 1. The fourth-order valence-electron chi connectivity index (χ4n) is 2.91. The molecule has 24 heavy (non-hydrogen) atoms. The van der Waals surface area contributed by atoms with E-state index in [2.05, 4.69) is 17.1 Å². The van der Waals surface area contributed by atoms with Crippen LogP contribution < -0.4 is 11.5 Å². The number of carbonyl (C=O) groups excluding carboxylic acids is 1. The highest BCUT2D eigenvalue weighted by Crippen LogP contribution is 2.34. The lowest BCUT2D eigenvalue weighted by Gasteiger charge is -2.19. The van der Waals surface area contributed by atoms with Gasteiger partial charge in [-0.2, -0.15) is 10.3 Å². The topological polar surface area (TPSA) is 105 Å². The molecule has 3 rings (SSSR count). The van der Waals surface area contributed by atoms with E-state index in [1.165, 1.54) is 0 Å². The highest BCUT2D eigenvalue weighted by molar-refractivity contribution is 6.02. The van der Waals surface area contributed by atoms with E-state index in [4.69, 9.17) is 11.5 Å². The summed E-state index contributed by atoms with van der Waals surface area (Å²) >= 11 is 0. The molecule has 0 bridgehead atoms. The van der Waals surface area contributed by atoms with Gasteiger partial charge in [-0.1, -0.05) is 30.3 Å². The molecule has 0 saturated carbocycles. The van der Waals surface area contributed by atoms with Gasteiger partial charge in [0.15, 0.2) is 5.96 Å². The molecule has 0 fully saturated rings. The minimum atomic E-state index is -0.476. The number of fused-ring (bicyclic) bond motifs is 1. The fraction of sp³-hybridized carbons (Fsp3) is 0.105. The fourth-order valence-corrected chi connectivity index (χ4v) is 2.91. The molecule has 5 heteroatoms. The van der Waals surface area contributed by atoms with Crippen LogP contribution in [0, 0.1) is 11.3 Å². The average Bonchev–Trinajstić information content (AvgIpc) is 2.60. The molecule has 1 amide bonds. The number of nitrogens with two attached hydrogens (primary N) is 2. The summed E-state index contributed by atoms with van der Waals surface area (Å²) in [6, 6.07) is 15.1. The summed E-state index contributed by atoms with van der Waals surface area (Å²) in [6.07, 6.45) is 3.89. The third-order valence-corrected chi connectivity index (χ3v) is 3.98. The van der Waals surface area contributed by atoms with Gasteiger partial charge in [-0.15, -0.1) is 0 Å². The molecular formula is C19H16N4O. The van der Waals surface area contributed by atoms with Gasteiger partial charge in [0, 0.05) is 5.56 Å². The van der Waals surface area contributed by atoms with E-state index in [-0.39, 0.29) is 5.96 Å². The second-order valence-corrected chi connectivity index (χ2v) is 5.53. The van der Waals surface area contributed by atoms with Crippen LogP contribution in [0.5, 0.6) is 0 Å². The van der Waals surface area contributed by atoms with Crippen LogP contribution in [0.1, 0.15) is 39.0 Å². The van der Waals surface area contributed by atoms with Crippen LogP contribution in [0.2, 0.25) is 0 Å². The predicted octanol–water partition coefficient (Wildman–Crippen LogP) is 2.35. The van der Waals surface area contributed by atoms with Gasteiger partial charge in [0.1, 0.15) is 0 Å². The molecule has 1 aliphatic rings. The van der Waals surface area contributed by atoms with Gasteiger partial charge >= 0.3 is 0 Å². The van der Waals surface area contributed by atoms with Crippen molar-refractivity contribution in [2.45, 2.75) is 12.8 Å². The molecule has 0 spiro atoms. The van der Waals surface area contributed by atoms with Crippen LogP contribution in [0.4, 0.5) is 0 Å². The lowest BCUT2D eigenvalue weighted by atomic mass is 9.84. The summed E-state index contributed by atoms with van der Waals surface area (Å²) in [5.41, 5.74) is 15.5. The van der Waals surface area contributed by atoms with E-state index < -0.39 is 5.91 Å². The van der Waals surface area contributed by atoms with E-state index in [0.717, 1.165) is 35.1 Å². The predicted molar refractivity (Wildman–Crippen MR) is 93.1 cm³/mol. The van der Waals surface area contributed by atoms with Gasteiger partial charge < -0.3 is 11.5 Å². The van der Waals surface area contributed by atoms with Crippen molar-refractivity contribution in [2.24, 2.45) is 16.5 Å². The molecule has 1 aliphatic carbocycles. The molecule has 0 unspecified atom stereocenters. The molecule has 0 radical (unpaired) electrons. The summed E-state index contributed by atoms with van der Waals surface area (Å²) in [7, 11) is 0. The number of aryl methyl sites for hydroxylation is 1. The van der Waals surface area contributed by atoms with Gasteiger partial charge in [-0.25, -0.2) is 0 Å². The highest BCUT2D eigenvalue weighted by atomic mass is 16.1. The molecule has 5 nitrogen and oxygen atoms in total. The van der Waals surface area contributed by atoms with Crippen molar-refractivity contribution in [3.63, 3.8) is 0 Å². The zero-order valence-electron chi connectivity index (χ0n) is 13.0. The van der Waals surface area contributed by atoms with Crippen LogP contribution in [-0.4, -0.2) is 11.9 Å². The molecule has 118 valence electrons. The highest BCUT2D eigenvalue weighted by Gasteiger charge is 2.18. The van der Waals surface area contributed by atoms with Gasteiger partial charge in [0.05, 0.1) is 11.6 Å². The number of allylic oxidation sites excluding steroid dienone is 1. The standard InChI is InChI=1S/C19H16N4O/c20-11-14-4-1-2-6-15(14)16-7-3-5-12-8-9-13(10-17(12)16)18(24)23-19(21)22/h1-2,4,6-10H,3,5H2,(H4,21,22,23,24). The monoisotopic (exact) mass is 316 g/mol. The van der Waals surface area contributed by atoms with E-state index in [1.807, 2.05) is 24.3 Å². The van der Waals surface area contributed by atoms with E-state index >= 15 is 0 Å². The SMILES string of the molecule is N#Cc1ccccc1C1=CCCc2ccc(C(=O)N=C(N)N)cc21. The molecule has 2 aromatic rings. The maximum absolute atomic E-state index is 12.1. The van der Waals surface area contributed by atoms with Crippen molar-refractivity contribution in [3.8, 4) is 6.07 Å². The Kier molecular flexibility index (Phi) is 4.13. The van der Waals surface area contributed by atoms with Crippen LogP contribution in [-0.2, 0) is 6.42 Å². The molecule has 0 atom stereocenters. The number of amides is 1. The van der Waals surface area contributed by atoms with Crippen molar-refractivity contribution < 1.29 is 4.79 Å². The number of benzene rings is 2. The first-order valence-corrected chi connectivity index (χ1v) is 7.57. The summed E-state index contributed by atoms with van der Waals surface area (Å²) < 4.78 is 0. The van der Waals surface area contributed by atoms with Crippen molar-refractivity contribution in [1.82, 2.24) is 0 Å². The first-order valence-electron chi connectivity index (χ1n) is 7.57. The first kappa shape index (κ1) is 15.5. The van der Waals surface area contributed by atoms with Crippen LogP contribution in [0.3, 0.4) is 0 Å². The maximum atomic E-state index is 12.1. The molecular weight excluding hydrogens is 300 g/mol. The summed E-state index contributed by atoms with van der Waals surface area (Å²) in [5.74, 6) is -0.736. The Morgan fingerprint density at radius 2 is 1.92 bits per heavy atom. The molecule has 0 saturated heterocycles. The molecule has 4 N–H and O–H groups in total. The first-order chi connectivity index (χ1) is 11.6. The number of carbonyl (C=O) groups is 1. The number of hydrogen-bond acceptors (Lipinski definition) is 2. The summed E-state index contributed by atoms with van der Waals surface area (Å²) in [5, 5.41) is 9.36. The molecule has 0 aliphatic heterocycles. The van der Waals surface area contributed by atoms with Crippen LogP contribution >= 0.6 is 0 Å². The van der Waals surface area contributed by atoms with Crippen LogP contribution in [0.15, 0.2) is 53.5 Å². The molecule has 0 heterocycles. The zero-order valence-corrected chi connectivity index (χ0v) is 13.0. The van der Waals surface area contributed by atoms with Crippen molar-refractivity contribution in [1.29, 1.82) is 5.26 Å². The van der Waals surface area contributed by atoms with E-state index in [0.29, 0.717) is 11.1 Å². The zero-order chi connectivity index (χ0) is 17.1. The second kappa shape index (κ2) is 6.39. The van der Waals surface area contributed by atoms with Gasteiger partial charge in [0.2, 0.25) is 0 Å². The number of aliphatic imine (C=N–C) groups is 1. The summed E-state index contributed by atoms with van der Waals surface area (Å²) in [6.45, 7) is 0. The van der Waals surface area contributed by atoms with Crippen molar-refractivity contribution >= 4 is 17.4 Å². The smallest absolute Gasteiger partial charge is 0.280 e. The number of rotatable bonds is 2. The average molecular weight is 316 g/mol. The third kappa shape index (κ3) is 2.90. The summed E-state index contributed by atoms with van der Waals surface area (Å²) in [4.78, 5) is 15.7. The molecule has 2 aromatic carbocycles. The lowest BCUT2D eigenvalue weighted by Crippen LogP contribution is -2.24. The van der Waals surface area contributed by atoms with Gasteiger partial charge in [-0.05, 0) is 53.3 Å². The van der Waals surface area contributed by atoms with Crippen molar-refractivity contribution in [2.75, 3.05) is 0 Å². The largest absolute Gasteiger partial charge is 0.370 e. The Hall–Kier alpha value is -3.39. The van der Waals surface area contributed by atoms with E-state index in [1.54, 1.807) is 18.2 Å². The number of hydrogen-bond donors (Lipinski definition) is 2. The Labute approximate surface area is 139 Å². The van der Waals surface area contributed by atoms with Crippen LogP contribution in [0.25, 0.3) is 5.57 Å². The molecule has 0 aromatic heterocycles. The van der Waals surface area contributed by atoms with Crippen molar-refractivity contribution in [3.05, 3.63) is 76.4 Å². The normalized spacial score (nSPS) is 12.5. The second-order valence-electron chi connectivity index (χ2n) is 5.53. The Bertz CT molecular complexity index is 915. The number of guanidine groups is 1. The lowest BCUT2D eigenvalue weighted by molar-refractivity contribution is 0.100. The minimum absolute atomic E-state index is 0.261. The third-order valence-electron chi connectivity index (χ3n) is 3.98. The van der Waals surface area contributed by atoms with E-state index in [9.17, 15) is 10.1 Å². The Balaban J connectivity index is 2.12. The Morgan fingerprint density at radius 3 is 2.67 bits per heavy atom. The quantitative estimate of drug-likeness (QED) is 0.655. The van der Waals surface area contributed by atoms with Gasteiger partial charge in [-0.3, -0.25) is 4.79 Å².